The Balaban J connectivity index is 1.54. The van der Waals surface area contributed by atoms with Gasteiger partial charge in [-0.25, -0.2) is 4.98 Å². The van der Waals surface area contributed by atoms with Gasteiger partial charge in [0.15, 0.2) is 0 Å². The number of hydrogen-bond donors (Lipinski definition) is 1. The lowest BCUT2D eigenvalue weighted by Crippen LogP contribution is -2.46. The maximum Gasteiger partial charge on any atom is 0.246 e. The van der Waals surface area contributed by atoms with Crippen molar-refractivity contribution in [1.82, 2.24) is 19.8 Å². The Labute approximate surface area is 176 Å². The quantitative estimate of drug-likeness (QED) is 0.685. The van der Waals surface area contributed by atoms with Gasteiger partial charge in [0.25, 0.3) is 0 Å². The zero-order chi connectivity index (χ0) is 20.9. The predicted octanol–water partition coefficient (Wildman–Crippen LogP) is 3.62. The van der Waals surface area contributed by atoms with Crippen LogP contribution in [0.2, 0.25) is 0 Å². The van der Waals surface area contributed by atoms with Crippen molar-refractivity contribution < 1.29 is 9.59 Å². The molecule has 0 spiro atoms. The Morgan fingerprint density at radius 2 is 1.80 bits per heavy atom. The SMILES string of the molecule is CC(=O)N1CCCC1C(=O)N(Cc1ccc(-c2ccccc2)cc1)Cc1ncc[nH]1. The normalized spacial score (nSPS) is 15.9. The first kappa shape index (κ1) is 19.9. The van der Waals surface area contributed by atoms with Gasteiger partial charge in [0.05, 0.1) is 6.54 Å². The van der Waals surface area contributed by atoms with Crippen LogP contribution in [0, 0.1) is 0 Å². The van der Waals surface area contributed by atoms with Gasteiger partial charge in [-0.05, 0) is 29.5 Å². The monoisotopic (exact) mass is 402 g/mol. The molecule has 0 bridgehead atoms. The summed E-state index contributed by atoms with van der Waals surface area (Å²) in [4.78, 5) is 36.2. The number of hydrogen-bond acceptors (Lipinski definition) is 3. The molecule has 0 aliphatic carbocycles. The summed E-state index contributed by atoms with van der Waals surface area (Å²) in [5.74, 6) is 0.666. The molecule has 2 aromatic carbocycles. The van der Waals surface area contributed by atoms with E-state index in [1.54, 1.807) is 22.2 Å². The molecule has 1 aliphatic rings. The van der Waals surface area contributed by atoms with Gasteiger partial charge >= 0.3 is 0 Å². The van der Waals surface area contributed by atoms with Gasteiger partial charge in [-0.2, -0.15) is 0 Å². The standard InChI is InChI=1S/C24H26N4O2/c1-18(29)28-15-5-8-22(28)24(30)27(17-23-25-13-14-26-23)16-19-9-11-21(12-10-19)20-6-3-2-4-7-20/h2-4,6-7,9-14,22H,5,8,15-17H2,1H3,(H,25,26). The summed E-state index contributed by atoms with van der Waals surface area (Å²) in [6.07, 6.45) is 5.00. The number of aromatic nitrogens is 2. The molecule has 1 fully saturated rings. The molecule has 1 aromatic heterocycles. The van der Waals surface area contributed by atoms with Crippen LogP contribution in [0.25, 0.3) is 11.1 Å². The molecule has 1 unspecified atom stereocenters. The lowest BCUT2D eigenvalue weighted by molar-refractivity contribution is -0.143. The van der Waals surface area contributed by atoms with Gasteiger partial charge in [0, 0.05) is 32.4 Å². The minimum absolute atomic E-state index is 0.0220. The van der Waals surface area contributed by atoms with Crippen molar-refractivity contribution in [3.8, 4) is 11.1 Å². The predicted molar refractivity (Wildman–Crippen MR) is 115 cm³/mol. The minimum Gasteiger partial charge on any atom is -0.347 e. The number of rotatable bonds is 6. The van der Waals surface area contributed by atoms with Crippen molar-refractivity contribution in [3.05, 3.63) is 78.4 Å². The molecule has 2 heterocycles. The van der Waals surface area contributed by atoms with E-state index in [0.29, 0.717) is 26.1 Å². The van der Waals surface area contributed by atoms with Crippen LogP contribution in [0.4, 0.5) is 0 Å². The summed E-state index contributed by atoms with van der Waals surface area (Å²) in [5.41, 5.74) is 3.35. The molecule has 154 valence electrons. The van der Waals surface area contributed by atoms with Crippen molar-refractivity contribution in [3.63, 3.8) is 0 Å². The van der Waals surface area contributed by atoms with E-state index in [0.717, 1.165) is 28.9 Å². The molecule has 2 amide bonds. The molecule has 6 heteroatoms. The molecule has 1 N–H and O–H groups in total. The maximum atomic E-state index is 13.4. The Morgan fingerprint density at radius 1 is 1.07 bits per heavy atom. The first-order chi connectivity index (χ1) is 14.6. The number of aromatic amines is 1. The topological polar surface area (TPSA) is 69.3 Å². The minimum atomic E-state index is -0.388. The van der Waals surface area contributed by atoms with E-state index in [1.165, 1.54) is 6.92 Å². The second-order valence-corrected chi connectivity index (χ2v) is 7.66. The van der Waals surface area contributed by atoms with Gasteiger partial charge in [-0.3, -0.25) is 9.59 Å². The molecule has 1 atom stereocenters. The Bertz CT molecular complexity index is 984. The second kappa shape index (κ2) is 8.95. The van der Waals surface area contributed by atoms with Crippen LogP contribution in [0.3, 0.4) is 0 Å². The first-order valence-corrected chi connectivity index (χ1v) is 10.3. The van der Waals surface area contributed by atoms with E-state index in [9.17, 15) is 9.59 Å². The highest BCUT2D eigenvalue weighted by atomic mass is 16.2. The first-order valence-electron chi connectivity index (χ1n) is 10.3. The average Bonchev–Trinajstić information content (AvgIpc) is 3.46. The van der Waals surface area contributed by atoms with E-state index < -0.39 is 0 Å². The Hall–Kier alpha value is -3.41. The number of likely N-dealkylation sites (tertiary alicyclic amines) is 1. The number of H-pyrrole nitrogens is 1. The highest BCUT2D eigenvalue weighted by Crippen LogP contribution is 2.23. The van der Waals surface area contributed by atoms with Crippen LogP contribution in [0.15, 0.2) is 67.0 Å². The van der Waals surface area contributed by atoms with Gasteiger partial charge < -0.3 is 14.8 Å². The molecule has 6 nitrogen and oxygen atoms in total. The fourth-order valence-electron chi connectivity index (χ4n) is 4.04. The molecule has 1 saturated heterocycles. The molecule has 0 radical (unpaired) electrons. The molecule has 30 heavy (non-hydrogen) atoms. The molecule has 1 aliphatic heterocycles. The van der Waals surface area contributed by atoms with E-state index in [2.05, 4.69) is 46.4 Å². The summed E-state index contributed by atoms with van der Waals surface area (Å²) < 4.78 is 0. The largest absolute Gasteiger partial charge is 0.347 e. The molecular weight excluding hydrogens is 376 g/mol. The van der Waals surface area contributed by atoms with Gasteiger partial charge in [-0.1, -0.05) is 54.6 Å². The number of carbonyl (C=O) groups is 2. The summed E-state index contributed by atoms with van der Waals surface area (Å²) >= 11 is 0. The van der Waals surface area contributed by atoms with Crippen molar-refractivity contribution in [2.75, 3.05) is 6.54 Å². The number of amides is 2. The summed E-state index contributed by atoms with van der Waals surface area (Å²) in [5, 5.41) is 0. The highest BCUT2D eigenvalue weighted by Gasteiger charge is 2.35. The van der Waals surface area contributed by atoms with Crippen LogP contribution in [-0.2, 0) is 22.7 Å². The fraction of sp³-hybridized carbons (Fsp3) is 0.292. The van der Waals surface area contributed by atoms with Crippen molar-refractivity contribution in [2.24, 2.45) is 0 Å². The molecule has 4 rings (SSSR count). The van der Waals surface area contributed by atoms with Gasteiger partial charge in [0.2, 0.25) is 11.8 Å². The van der Waals surface area contributed by atoms with Crippen LogP contribution < -0.4 is 0 Å². The lowest BCUT2D eigenvalue weighted by atomic mass is 10.0. The lowest BCUT2D eigenvalue weighted by Gasteiger charge is -2.29. The summed E-state index contributed by atoms with van der Waals surface area (Å²) in [6.45, 7) is 3.03. The van der Waals surface area contributed by atoms with E-state index in [-0.39, 0.29) is 17.9 Å². The van der Waals surface area contributed by atoms with Crippen molar-refractivity contribution in [1.29, 1.82) is 0 Å². The maximum absolute atomic E-state index is 13.4. The molecule has 0 saturated carbocycles. The van der Waals surface area contributed by atoms with E-state index in [1.807, 2.05) is 18.2 Å². The number of carbonyl (C=O) groups excluding carboxylic acids is 2. The fourth-order valence-corrected chi connectivity index (χ4v) is 4.04. The number of benzene rings is 2. The zero-order valence-corrected chi connectivity index (χ0v) is 17.1. The Kier molecular flexibility index (Phi) is 5.93. The van der Waals surface area contributed by atoms with Crippen molar-refractivity contribution >= 4 is 11.8 Å². The number of imidazole rings is 1. The van der Waals surface area contributed by atoms with Crippen LogP contribution >= 0.6 is 0 Å². The number of nitrogens with zero attached hydrogens (tertiary/aromatic N) is 3. The Morgan fingerprint density at radius 3 is 2.47 bits per heavy atom. The van der Waals surface area contributed by atoms with Crippen LogP contribution in [0.5, 0.6) is 0 Å². The van der Waals surface area contributed by atoms with E-state index in [4.69, 9.17) is 0 Å². The van der Waals surface area contributed by atoms with Crippen molar-refractivity contribution in [2.45, 2.75) is 38.9 Å². The zero-order valence-electron chi connectivity index (χ0n) is 17.1. The third kappa shape index (κ3) is 4.43. The summed E-state index contributed by atoms with van der Waals surface area (Å²) in [7, 11) is 0. The van der Waals surface area contributed by atoms with Gasteiger partial charge in [0.1, 0.15) is 11.9 Å². The second-order valence-electron chi connectivity index (χ2n) is 7.66. The molecular formula is C24H26N4O2. The number of nitrogens with one attached hydrogen (secondary N) is 1. The van der Waals surface area contributed by atoms with Crippen LogP contribution in [-0.4, -0.2) is 44.2 Å². The summed E-state index contributed by atoms with van der Waals surface area (Å²) in [6, 6.07) is 18.1. The average molecular weight is 402 g/mol. The van der Waals surface area contributed by atoms with Gasteiger partial charge in [-0.15, -0.1) is 0 Å². The molecule has 3 aromatic rings. The highest BCUT2D eigenvalue weighted by molar-refractivity contribution is 5.87. The van der Waals surface area contributed by atoms with E-state index >= 15 is 0 Å². The third-order valence-electron chi connectivity index (χ3n) is 5.58. The third-order valence-corrected chi connectivity index (χ3v) is 5.58. The van der Waals surface area contributed by atoms with Crippen LogP contribution in [0.1, 0.15) is 31.2 Å². The smallest absolute Gasteiger partial charge is 0.246 e.